The monoisotopic (exact) mass is 328 g/mol. The van der Waals surface area contributed by atoms with Gasteiger partial charge in [-0.1, -0.05) is 11.6 Å². The van der Waals surface area contributed by atoms with Gasteiger partial charge in [-0.15, -0.1) is 0 Å². The fourth-order valence-corrected chi connectivity index (χ4v) is 2.85. The molecule has 0 atom stereocenters. The molecule has 1 heterocycles. The van der Waals surface area contributed by atoms with Gasteiger partial charge in [0.2, 0.25) is 0 Å². The molecule has 0 saturated carbocycles. The second kappa shape index (κ2) is 5.54. The Morgan fingerprint density at radius 1 is 1.33 bits per heavy atom. The minimum atomic E-state index is -4.00. The van der Waals surface area contributed by atoms with E-state index in [0.29, 0.717) is 0 Å². The van der Waals surface area contributed by atoms with Gasteiger partial charge >= 0.3 is 0 Å². The van der Waals surface area contributed by atoms with Gasteiger partial charge in [0, 0.05) is 18.5 Å². The fraction of sp³-hybridized carbons (Fsp3) is 0. The molecular formula is C11H9ClN4O4S. The first-order valence-electron chi connectivity index (χ1n) is 5.47. The second-order valence-electron chi connectivity index (χ2n) is 3.94. The number of nitrogens with zero attached hydrogens (tertiary/aromatic N) is 2. The van der Waals surface area contributed by atoms with Crippen molar-refractivity contribution in [3.05, 3.63) is 51.8 Å². The van der Waals surface area contributed by atoms with Crippen LogP contribution in [0.1, 0.15) is 0 Å². The van der Waals surface area contributed by atoms with Gasteiger partial charge in [-0.2, -0.15) is 0 Å². The van der Waals surface area contributed by atoms with E-state index in [9.17, 15) is 18.5 Å². The summed E-state index contributed by atoms with van der Waals surface area (Å²) in [5, 5.41) is 10.7. The molecular weight excluding hydrogens is 320 g/mol. The molecule has 8 nitrogen and oxygen atoms in total. The molecule has 0 aliphatic carbocycles. The topological polar surface area (TPSA) is 128 Å². The lowest BCUT2D eigenvalue weighted by atomic mass is 10.3. The van der Waals surface area contributed by atoms with Crippen LogP contribution in [-0.2, 0) is 10.0 Å². The molecule has 0 aliphatic rings. The average Bonchev–Trinajstić information content (AvgIpc) is 2.40. The number of nitrogens with two attached hydrogens (primary N) is 1. The van der Waals surface area contributed by atoms with Crippen LogP contribution in [0.2, 0.25) is 5.02 Å². The standard InChI is InChI=1S/C11H9ClN4O4S/c12-8-2-1-7(5-10(8)16(17)18)15-21(19,20)11-6-14-4-3-9(11)13/h1-6,15H,(H2,13,14). The summed E-state index contributed by atoms with van der Waals surface area (Å²) in [5.41, 5.74) is 5.18. The zero-order valence-corrected chi connectivity index (χ0v) is 11.9. The number of halogens is 1. The fourth-order valence-electron chi connectivity index (χ4n) is 1.54. The molecule has 10 heteroatoms. The minimum absolute atomic E-state index is 0.00523. The first-order chi connectivity index (χ1) is 9.81. The third kappa shape index (κ3) is 3.20. The number of sulfonamides is 1. The molecule has 1 aromatic heterocycles. The number of nitro benzene ring substituents is 1. The number of rotatable bonds is 4. The van der Waals surface area contributed by atoms with Crippen molar-refractivity contribution in [2.24, 2.45) is 0 Å². The van der Waals surface area contributed by atoms with Crippen LogP contribution in [0, 0.1) is 10.1 Å². The molecule has 21 heavy (non-hydrogen) atoms. The van der Waals surface area contributed by atoms with E-state index in [-0.39, 0.29) is 21.3 Å². The molecule has 0 amide bonds. The number of nitrogens with one attached hydrogen (secondary N) is 1. The second-order valence-corrected chi connectivity index (χ2v) is 6.00. The van der Waals surface area contributed by atoms with Crippen molar-refractivity contribution < 1.29 is 13.3 Å². The minimum Gasteiger partial charge on any atom is -0.398 e. The van der Waals surface area contributed by atoms with Gasteiger partial charge in [0.25, 0.3) is 15.7 Å². The summed E-state index contributed by atoms with van der Waals surface area (Å²) in [6, 6.07) is 4.88. The highest BCUT2D eigenvalue weighted by Crippen LogP contribution is 2.29. The quantitative estimate of drug-likeness (QED) is 0.652. The molecule has 2 rings (SSSR count). The number of anilines is 2. The summed E-state index contributed by atoms with van der Waals surface area (Å²) in [5.74, 6) is 0. The van der Waals surface area contributed by atoms with E-state index in [1.807, 2.05) is 0 Å². The lowest BCUT2D eigenvalue weighted by Crippen LogP contribution is -2.15. The Morgan fingerprint density at radius 3 is 2.67 bits per heavy atom. The number of aromatic nitrogens is 1. The maximum absolute atomic E-state index is 12.2. The van der Waals surface area contributed by atoms with Gasteiger partial charge in [-0.3, -0.25) is 19.8 Å². The highest BCUT2D eigenvalue weighted by molar-refractivity contribution is 7.92. The molecule has 0 radical (unpaired) electrons. The van der Waals surface area contributed by atoms with E-state index in [4.69, 9.17) is 17.3 Å². The first-order valence-corrected chi connectivity index (χ1v) is 7.33. The third-order valence-corrected chi connectivity index (χ3v) is 4.25. The van der Waals surface area contributed by atoms with Crippen LogP contribution in [0.3, 0.4) is 0 Å². The lowest BCUT2D eigenvalue weighted by molar-refractivity contribution is -0.384. The maximum Gasteiger partial charge on any atom is 0.289 e. The normalized spacial score (nSPS) is 11.1. The molecule has 2 aromatic rings. The Kier molecular flexibility index (Phi) is 3.96. The SMILES string of the molecule is Nc1ccncc1S(=O)(=O)Nc1ccc(Cl)c([N+](=O)[O-])c1. The van der Waals surface area contributed by atoms with Crippen molar-refractivity contribution in [1.29, 1.82) is 0 Å². The molecule has 0 fully saturated rings. The smallest absolute Gasteiger partial charge is 0.289 e. The number of nitro groups is 1. The molecule has 0 spiro atoms. The van der Waals surface area contributed by atoms with Gasteiger partial charge in [0.1, 0.15) is 9.92 Å². The summed E-state index contributed by atoms with van der Waals surface area (Å²) >= 11 is 5.66. The Bertz CT molecular complexity index is 810. The molecule has 3 N–H and O–H groups in total. The van der Waals surface area contributed by atoms with Crippen LogP contribution < -0.4 is 10.5 Å². The van der Waals surface area contributed by atoms with Gasteiger partial charge in [-0.25, -0.2) is 8.42 Å². The number of nitrogen functional groups attached to an aromatic ring is 1. The summed E-state index contributed by atoms with van der Waals surface area (Å²) < 4.78 is 26.5. The Hall–Kier alpha value is -2.39. The van der Waals surface area contributed by atoms with E-state index in [0.717, 1.165) is 12.3 Å². The van der Waals surface area contributed by atoms with Gasteiger partial charge < -0.3 is 5.73 Å². The van der Waals surface area contributed by atoms with E-state index < -0.39 is 20.6 Å². The van der Waals surface area contributed by atoms with Crippen molar-refractivity contribution in [2.75, 3.05) is 10.5 Å². The van der Waals surface area contributed by atoms with Gasteiger partial charge in [0.05, 0.1) is 16.3 Å². The van der Waals surface area contributed by atoms with Crippen LogP contribution >= 0.6 is 11.6 Å². The zero-order chi connectivity index (χ0) is 15.6. The summed E-state index contributed by atoms with van der Waals surface area (Å²) in [6.07, 6.45) is 2.43. The summed E-state index contributed by atoms with van der Waals surface area (Å²) in [7, 11) is -4.00. The van der Waals surface area contributed by atoms with Gasteiger partial charge in [0.15, 0.2) is 0 Å². The highest BCUT2D eigenvalue weighted by Gasteiger charge is 2.20. The predicted molar refractivity (Wildman–Crippen MR) is 77.6 cm³/mol. The number of benzene rings is 1. The number of pyridine rings is 1. The van der Waals surface area contributed by atoms with Crippen molar-refractivity contribution in [1.82, 2.24) is 4.98 Å². The van der Waals surface area contributed by atoms with Crippen molar-refractivity contribution in [3.8, 4) is 0 Å². The first kappa shape index (κ1) is 15.0. The van der Waals surface area contributed by atoms with E-state index in [1.54, 1.807) is 0 Å². The van der Waals surface area contributed by atoms with Crippen LogP contribution in [-0.4, -0.2) is 18.3 Å². The van der Waals surface area contributed by atoms with Gasteiger partial charge in [-0.05, 0) is 18.2 Å². The number of hydrogen-bond donors (Lipinski definition) is 2. The molecule has 0 unspecified atom stereocenters. The molecule has 0 saturated heterocycles. The average molecular weight is 329 g/mol. The summed E-state index contributed by atoms with van der Waals surface area (Å²) in [4.78, 5) is 13.5. The van der Waals surface area contributed by atoms with Crippen molar-refractivity contribution >= 4 is 38.7 Å². The predicted octanol–water partition coefficient (Wildman–Crippen LogP) is 2.03. The zero-order valence-electron chi connectivity index (χ0n) is 10.4. The van der Waals surface area contributed by atoms with E-state index >= 15 is 0 Å². The van der Waals surface area contributed by atoms with Crippen molar-refractivity contribution in [2.45, 2.75) is 4.90 Å². The molecule has 110 valence electrons. The van der Waals surface area contributed by atoms with E-state index in [2.05, 4.69) is 9.71 Å². The maximum atomic E-state index is 12.2. The lowest BCUT2D eigenvalue weighted by Gasteiger charge is -2.09. The van der Waals surface area contributed by atoms with Crippen LogP contribution in [0.15, 0.2) is 41.6 Å². The van der Waals surface area contributed by atoms with Crippen molar-refractivity contribution in [3.63, 3.8) is 0 Å². The largest absolute Gasteiger partial charge is 0.398 e. The Balaban J connectivity index is 2.40. The van der Waals surface area contributed by atoms with Crippen LogP contribution in [0.25, 0.3) is 0 Å². The Labute approximate surface area is 124 Å². The van der Waals surface area contributed by atoms with E-state index in [1.165, 1.54) is 24.4 Å². The molecule has 0 aliphatic heterocycles. The Morgan fingerprint density at radius 2 is 2.05 bits per heavy atom. The molecule has 1 aromatic carbocycles. The third-order valence-electron chi connectivity index (χ3n) is 2.50. The van der Waals surface area contributed by atoms with Crippen LogP contribution in [0.5, 0.6) is 0 Å². The number of hydrogen-bond acceptors (Lipinski definition) is 6. The highest BCUT2D eigenvalue weighted by atomic mass is 35.5. The summed E-state index contributed by atoms with van der Waals surface area (Å²) in [6.45, 7) is 0. The molecule has 0 bridgehead atoms. The van der Waals surface area contributed by atoms with Crippen LogP contribution in [0.4, 0.5) is 17.1 Å².